The Morgan fingerprint density at radius 1 is 1.09 bits per heavy atom. The molecular formula is C26H30N2O6. The van der Waals surface area contributed by atoms with Gasteiger partial charge in [-0.2, -0.15) is 0 Å². The van der Waals surface area contributed by atoms with E-state index < -0.39 is 17.7 Å². The van der Waals surface area contributed by atoms with E-state index in [2.05, 4.69) is 0 Å². The van der Waals surface area contributed by atoms with E-state index in [4.69, 9.17) is 14.2 Å². The Balaban J connectivity index is 1.76. The van der Waals surface area contributed by atoms with Crippen LogP contribution in [0.2, 0.25) is 0 Å². The number of aliphatic hydroxyl groups is 1. The lowest BCUT2D eigenvalue weighted by atomic mass is 9.95. The standard InChI is InChI=1S/C26H30N2O6/c1-4-32-19-9-6-17(7-10-19)23-22(25(30)26(31)28(23)13-5-12-27(2)3)24(29)18-8-11-20-21(16-18)34-15-14-33-20/h6-11,16,23,29H,4-5,12-15H2,1-3H3/t23-/m1/s1. The van der Waals surface area contributed by atoms with Crippen LogP contribution in [-0.4, -0.2) is 73.6 Å². The molecule has 0 unspecified atom stereocenters. The molecule has 2 aliphatic heterocycles. The topological polar surface area (TPSA) is 88.5 Å². The average molecular weight is 467 g/mol. The molecule has 180 valence electrons. The van der Waals surface area contributed by atoms with Crippen molar-refractivity contribution in [3.63, 3.8) is 0 Å². The first-order chi connectivity index (χ1) is 16.4. The number of likely N-dealkylation sites (tertiary alicyclic amines) is 1. The van der Waals surface area contributed by atoms with Crippen LogP contribution in [0.1, 0.15) is 30.5 Å². The fourth-order valence-corrected chi connectivity index (χ4v) is 4.27. The van der Waals surface area contributed by atoms with Crippen LogP contribution in [0.5, 0.6) is 17.2 Å². The van der Waals surface area contributed by atoms with Crippen LogP contribution in [0, 0.1) is 0 Å². The fourth-order valence-electron chi connectivity index (χ4n) is 4.27. The number of nitrogens with zero attached hydrogens (tertiary/aromatic N) is 2. The summed E-state index contributed by atoms with van der Waals surface area (Å²) < 4.78 is 16.7. The Bertz CT molecular complexity index is 1090. The fraction of sp³-hybridized carbons (Fsp3) is 0.385. The number of ketones is 1. The molecular weight excluding hydrogens is 436 g/mol. The van der Waals surface area contributed by atoms with Gasteiger partial charge >= 0.3 is 0 Å². The first-order valence-corrected chi connectivity index (χ1v) is 11.5. The number of benzene rings is 2. The van der Waals surface area contributed by atoms with Crippen LogP contribution in [0.15, 0.2) is 48.0 Å². The third-order valence-corrected chi connectivity index (χ3v) is 5.87. The van der Waals surface area contributed by atoms with Gasteiger partial charge in [0, 0.05) is 12.1 Å². The van der Waals surface area contributed by atoms with Gasteiger partial charge in [0.15, 0.2) is 11.5 Å². The molecule has 0 aromatic heterocycles. The minimum Gasteiger partial charge on any atom is -0.507 e. The van der Waals surface area contributed by atoms with Crippen molar-refractivity contribution in [1.29, 1.82) is 0 Å². The molecule has 0 spiro atoms. The maximum Gasteiger partial charge on any atom is 0.295 e. The summed E-state index contributed by atoms with van der Waals surface area (Å²) in [6.07, 6.45) is 0.692. The second-order valence-corrected chi connectivity index (χ2v) is 8.51. The predicted octanol–water partition coefficient (Wildman–Crippen LogP) is 3.23. The number of hydrogen-bond donors (Lipinski definition) is 1. The van der Waals surface area contributed by atoms with Gasteiger partial charge in [-0.25, -0.2) is 0 Å². The number of amides is 1. The summed E-state index contributed by atoms with van der Waals surface area (Å²) in [5.41, 5.74) is 1.19. The molecule has 1 N–H and O–H groups in total. The van der Waals surface area contributed by atoms with Crippen LogP contribution >= 0.6 is 0 Å². The molecule has 8 heteroatoms. The largest absolute Gasteiger partial charge is 0.507 e. The van der Waals surface area contributed by atoms with Crippen molar-refractivity contribution in [3.05, 3.63) is 59.2 Å². The lowest BCUT2D eigenvalue weighted by Crippen LogP contribution is -2.32. The highest BCUT2D eigenvalue weighted by Crippen LogP contribution is 2.41. The highest BCUT2D eigenvalue weighted by atomic mass is 16.6. The summed E-state index contributed by atoms with van der Waals surface area (Å²) in [5, 5.41) is 11.3. The van der Waals surface area contributed by atoms with Gasteiger partial charge in [-0.3, -0.25) is 9.59 Å². The quantitative estimate of drug-likeness (QED) is 0.363. The molecule has 2 aliphatic rings. The molecule has 1 atom stereocenters. The molecule has 1 saturated heterocycles. The Hall–Kier alpha value is -3.52. The molecule has 34 heavy (non-hydrogen) atoms. The number of rotatable bonds is 8. The smallest absolute Gasteiger partial charge is 0.295 e. The summed E-state index contributed by atoms with van der Waals surface area (Å²) in [7, 11) is 3.92. The normalized spacial score (nSPS) is 19.1. The van der Waals surface area contributed by atoms with Crippen molar-refractivity contribution in [3.8, 4) is 17.2 Å². The zero-order valence-corrected chi connectivity index (χ0v) is 19.7. The van der Waals surface area contributed by atoms with Crippen LogP contribution < -0.4 is 14.2 Å². The van der Waals surface area contributed by atoms with E-state index in [0.29, 0.717) is 55.6 Å². The molecule has 1 amide bonds. The van der Waals surface area contributed by atoms with Crippen molar-refractivity contribution in [1.82, 2.24) is 9.80 Å². The number of Topliss-reactive ketones (excluding diaryl/α,β-unsaturated/α-hetero) is 1. The molecule has 4 rings (SSSR count). The van der Waals surface area contributed by atoms with E-state index >= 15 is 0 Å². The monoisotopic (exact) mass is 466 g/mol. The highest BCUT2D eigenvalue weighted by molar-refractivity contribution is 6.46. The number of fused-ring (bicyclic) bond motifs is 1. The van der Waals surface area contributed by atoms with E-state index in [-0.39, 0.29) is 11.3 Å². The van der Waals surface area contributed by atoms with Gasteiger partial charge in [-0.05, 0) is 69.9 Å². The minimum absolute atomic E-state index is 0.0655. The third kappa shape index (κ3) is 4.72. The van der Waals surface area contributed by atoms with Gasteiger partial charge in [0.1, 0.15) is 24.7 Å². The molecule has 0 aliphatic carbocycles. The molecule has 0 saturated carbocycles. The van der Waals surface area contributed by atoms with Gasteiger partial charge < -0.3 is 29.1 Å². The zero-order chi connectivity index (χ0) is 24.2. The molecule has 0 bridgehead atoms. The number of ether oxygens (including phenoxy) is 3. The second-order valence-electron chi connectivity index (χ2n) is 8.51. The van der Waals surface area contributed by atoms with Crippen LogP contribution in [0.4, 0.5) is 0 Å². The Kier molecular flexibility index (Phi) is 7.07. The average Bonchev–Trinajstić information content (AvgIpc) is 3.09. The summed E-state index contributed by atoms with van der Waals surface area (Å²) >= 11 is 0. The van der Waals surface area contributed by atoms with Crippen molar-refractivity contribution in [2.24, 2.45) is 0 Å². The Morgan fingerprint density at radius 2 is 1.79 bits per heavy atom. The molecule has 2 heterocycles. The number of carbonyl (C=O) groups is 2. The summed E-state index contributed by atoms with van der Waals surface area (Å²) in [4.78, 5) is 29.8. The van der Waals surface area contributed by atoms with Crippen molar-refractivity contribution in [2.45, 2.75) is 19.4 Å². The number of hydrogen-bond acceptors (Lipinski definition) is 7. The van der Waals surface area contributed by atoms with E-state index in [1.54, 1.807) is 23.1 Å². The highest BCUT2D eigenvalue weighted by Gasteiger charge is 2.45. The lowest BCUT2D eigenvalue weighted by Gasteiger charge is -2.26. The molecule has 2 aromatic rings. The van der Waals surface area contributed by atoms with Gasteiger partial charge in [-0.15, -0.1) is 0 Å². The van der Waals surface area contributed by atoms with E-state index in [1.165, 1.54) is 0 Å². The van der Waals surface area contributed by atoms with Crippen molar-refractivity contribution in [2.75, 3.05) is 47.0 Å². The van der Waals surface area contributed by atoms with Crippen LogP contribution in [-0.2, 0) is 9.59 Å². The maximum atomic E-state index is 13.2. The van der Waals surface area contributed by atoms with E-state index in [0.717, 1.165) is 12.1 Å². The van der Waals surface area contributed by atoms with Gasteiger partial charge in [0.2, 0.25) is 0 Å². The van der Waals surface area contributed by atoms with Gasteiger partial charge in [0.05, 0.1) is 18.2 Å². The number of carbonyl (C=O) groups excluding carboxylic acids is 2. The van der Waals surface area contributed by atoms with Crippen molar-refractivity contribution < 1.29 is 28.9 Å². The summed E-state index contributed by atoms with van der Waals surface area (Å²) in [6.45, 7) is 4.45. The SMILES string of the molecule is CCOc1ccc([C@@H]2C(=C(O)c3ccc4c(c3)OCCO4)C(=O)C(=O)N2CCCN(C)C)cc1. The number of aliphatic hydroxyl groups excluding tert-OH is 1. The van der Waals surface area contributed by atoms with Crippen LogP contribution in [0.25, 0.3) is 5.76 Å². The van der Waals surface area contributed by atoms with E-state index in [9.17, 15) is 14.7 Å². The summed E-state index contributed by atoms with van der Waals surface area (Å²) in [5.74, 6) is 0.225. The summed E-state index contributed by atoms with van der Waals surface area (Å²) in [6, 6.07) is 11.6. The predicted molar refractivity (Wildman–Crippen MR) is 127 cm³/mol. The first kappa shape index (κ1) is 23.6. The molecule has 0 radical (unpaired) electrons. The molecule has 8 nitrogen and oxygen atoms in total. The van der Waals surface area contributed by atoms with Gasteiger partial charge in [-0.1, -0.05) is 12.1 Å². The third-order valence-electron chi connectivity index (χ3n) is 5.87. The van der Waals surface area contributed by atoms with Crippen LogP contribution in [0.3, 0.4) is 0 Å². The molecule has 1 fully saturated rings. The second kappa shape index (κ2) is 10.2. The van der Waals surface area contributed by atoms with Gasteiger partial charge in [0.25, 0.3) is 11.7 Å². The Morgan fingerprint density at radius 3 is 2.47 bits per heavy atom. The first-order valence-electron chi connectivity index (χ1n) is 11.5. The zero-order valence-electron chi connectivity index (χ0n) is 19.7. The van der Waals surface area contributed by atoms with Crippen molar-refractivity contribution >= 4 is 17.4 Å². The van der Waals surface area contributed by atoms with E-state index in [1.807, 2.05) is 50.2 Å². The maximum absolute atomic E-state index is 13.2. The minimum atomic E-state index is -0.703. The Labute approximate surface area is 199 Å². The molecule has 2 aromatic carbocycles. The lowest BCUT2D eigenvalue weighted by molar-refractivity contribution is -0.139.